The number of carbonyl (C=O) groups is 1. The van der Waals surface area contributed by atoms with Crippen LogP contribution >= 0.6 is 0 Å². The van der Waals surface area contributed by atoms with Gasteiger partial charge < -0.3 is 10.4 Å². The normalized spacial score (nSPS) is 49.3. The van der Waals surface area contributed by atoms with Crippen LogP contribution in [0.15, 0.2) is 0 Å². The second-order valence-corrected chi connectivity index (χ2v) is 5.41. The Morgan fingerprint density at radius 2 is 1.50 bits per heavy atom. The second-order valence-electron chi connectivity index (χ2n) is 5.41. The summed E-state index contributed by atoms with van der Waals surface area (Å²) in [5.74, 6) is 3.15. The molecule has 2 N–H and O–H groups in total. The van der Waals surface area contributed by atoms with E-state index < -0.39 is 6.09 Å². The first-order valence-corrected chi connectivity index (χ1v) is 5.72. The molecule has 4 aliphatic rings. The third-order valence-electron chi connectivity index (χ3n) is 4.52. The van der Waals surface area contributed by atoms with Crippen molar-refractivity contribution in [1.82, 2.24) is 5.32 Å². The van der Waals surface area contributed by atoms with E-state index in [2.05, 4.69) is 5.32 Å². The van der Waals surface area contributed by atoms with Crippen LogP contribution in [0.2, 0.25) is 0 Å². The highest BCUT2D eigenvalue weighted by molar-refractivity contribution is 5.65. The van der Waals surface area contributed by atoms with Gasteiger partial charge in [-0.15, -0.1) is 0 Å². The molecule has 0 spiro atoms. The lowest BCUT2D eigenvalue weighted by atomic mass is 9.54. The van der Waals surface area contributed by atoms with Gasteiger partial charge in [-0.3, -0.25) is 0 Å². The summed E-state index contributed by atoms with van der Waals surface area (Å²) in [7, 11) is 0. The zero-order chi connectivity index (χ0) is 9.71. The first kappa shape index (κ1) is 8.57. The van der Waals surface area contributed by atoms with Crippen molar-refractivity contribution in [2.75, 3.05) is 0 Å². The molecule has 4 fully saturated rings. The molecule has 4 saturated carbocycles. The van der Waals surface area contributed by atoms with E-state index in [9.17, 15) is 4.79 Å². The highest BCUT2D eigenvalue weighted by atomic mass is 16.4. The minimum Gasteiger partial charge on any atom is -0.465 e. The van der Waals surface area contributed by atoms with Crippen LogP contribution in [0.25, 0.3) is 0 Å². The van der Waals surface area contributed by atoms with E-state index in [4.69, 9.17) is 5.11 Å². The van der Waals surface area contributed by atoms with E-state index in [1.54, 1.807) is 0 Å². The molecule has 0 unspecified atom stereocenters. The molecular formula is C11H17NO2. The Hall–Kier alpha value is -0.730. The minimum absolute atomic E-state index is 0.278. The Morgan fingerprint density at radius 3 is 1.93 bits per heavy atom. The largest absolute Gasteiger partial charge is 0.465 e. The topological polar surface area (TPSA) is 49.3 Å². The van der Waals surface area contributed by atoms with Crippen molar-refractivity contribution in [3.8, 4) is 0 Å². The van der Waals surface area contributed by atoms with E-state index >= 15 is 0 Å². The van der Waals surface area contributed by atoms with Crippen LogP contribution in [0.1, 0.15) is 32.1 Å². The fraction of sp³-hybridized carbons (Fsp3) is 0.909. The number of hydrogen-bond acceptors (Lipinski definition) is 1. The van der Waals surface area contributed by atoms with Crippen molar-refractivity contribution in [2.45, 2.75) is 38.1 Å². The molecule has 3 nitrogen and oxygen atoms in total. The molecule has 3 heteroatoms. The van der Waals surface area contributed by atoms with Crippen molar-refractivity contribution in [3.05, 3.63) is 0 Å². The first-order valence-electron chi connectivity index (χ1n) is 5.72. The number of hydrogen-bond donors (Lipinski definition) is 2. The van der Waals surface area contributed by atoms with Gasteiger partial charge in [-0.1, -0.05) is 0 Å². The van der Waals surface area contributed by atoms with Gasteiger partial charge in [0.05, 0.1) is 0 Å². The number of rotatable bonds is 1. The maximum absolute atomic E-state index is 10.7. The van der Waals surface area contributed by atoms with Crippen LogP contribution in [0, 0.1) is 23.7 Å². The Labute approximate surface area is 83.9 Å². The molecular weight excluding hydrogens is 178 g/mol. The third-order valence-corrected chi connectivity index (χ3v) is 4.52. The summed E-state index contributed by atoms with van der Waals surface area (Å²) in [6.07, 6.45) is 5.70. The molecule has 4 bridgehead atoms. The van der Waals surface area contributed by atoms with Crippen LogP contribution < -0.4 is 5.32 Å². The van der Waals surface area contributed by atoms with Gasteiger partial charge >= 0.3 is 6.09 Å². The van der Waals surface area contributed by atoms with E-state index in [0.29, 0.717) is 11.8 Å². The van der Waals surface area contributed by atoms with Gasteiger partial charge in [-0.05, 0) is 55.8 Å². The average molecular weight is 195 g/mol. The second kappa shape index (κ2) is 2.88. The van der Waals surface area contributed by atoms with Crippen molar-refractivity contribution in [1.29, 1.82) is 0 Å². The lowest BCUT2D eigenvalue weighted by Gasteiger charge is -2.54. The fourth-order valence-electron chi connectivity index (χ4n) is 4.30. The Balaban J connectivity index is 1.77. The summed E-state index contributed by atoms with van der Waals surface area (Å²) in [5.41, 5.74) is 0. The van der Waals surface area contributed by atoms with Crippen LogP contribution in [0.5, 0.6) is 0 Å². The molecule has 1 amide bonds. The van der Waals surface area contributed by atoms with E-state index in [0.717, 1.165) is 11.8 Å². The maximum Gasteiger partial charge on any atom is 0.404 e. The molecule has 0 radical (unpaired) electrons. The van der Waals surface area contributed by atoms with E-state index in [-0.39, 0.29) is 6.04 Å². The SMILES string of the molecule is O=C(O)NC1C2CC3CC(C2)CC1C3. The summed E-state index contributed by atoms with van der Waals surface area (Å²) < 4.78 is 0. The first-order chi connectivity index (χ1) is 6.72. The van der Waals surface area contributed by atoms with Gasteiger partial charge in [0.1, 0.15) is 0 Å². The van der Waals surface area contributed by atoms with Gasteiger partial charge in [0.15, 0.2) is 0 Å². The monoisotopic (exact) mass is 195 g/mol. The van der Waals surface area contributed by atoms with Crippen molar-refractivity contribution in [3.63, 3.8) is 0 Å². The fourth-order valence-corrected chi connectivity index (χ4v) is 4.30. The molecule has 0 saturated heterocycles. The van der Waals surface area contributed by atoms with Crippen molar-refractivity contribution >= 4 is 6.09 Å². The van der Waals surface area contributed by atoms with Crippen LogP contribution in [0.3, 0.4) is 0 Å². The molecule has 0 aromatic carbocycles. The lowest BCUT2D eigenvalue weighted by molar-refractivity contribution is -0.0118. The quantitative estimate of drug-likeness (QED) is 0.673. The van der Waals surface area contributed by atoms with Crippen molar-refractivity contribution in [2.24, 2.45) is 23.7 Å². The molecule has 14 heavy (non-hydrogen) atoms. The van der Waals surface area contributed by atoms with Gasteiger partial charge in [0, 0.05) is 6.04 Å². The Bertz CT molecular complexity index is 236. The number of nitrogens with one attached hydrogen (secondary N) is 1. The Kier molecular flexibility index (Phi) is 1.76. The molecule has 4 aliphatic carbocycles. The lowest BCUT2D eigenvalue weighted by Crippen LogP contribution is -2.55. The summed E-state index contributed by atoms with van der Waals surface area (Å²) in [5, 5.41) is 11.5. The van der Waals surface area contributed by atoms with Crippen LogP contribution in [-0.4, -0.2) is 17.2 Å². The zero-order valence-electron chi connectivity index (χ0n) is 8.28. The maximum atomic E-state index is 10.7. The molecule has 78 valence electrons. The molecule has 0 aromatic rings. The van der Waals surface area contributed by atoms with Crippen LogP contribution in [-0.2, 0) is 0 Å². The number of amides is 1. The predicted octanol–water partition coefficient (Wildman–Crippen LogP) is 2.08. The van der Waals surface area contributed by atoms with Gasteiger partial charge in [0.2, 0.25) is 0 Å². The molecule has 0 atom stereocenters. The van der Waals surface area contributed by atoms with Crippen LogP contribution in [0.4, 0.5) is 4.79 Å². The smallest absolute Gasteiger partial charge is 0.404 e. The summed E-state index contributed by atoms with van der Waals surface area (Å²) in [4.78, 5) is 10.7. The van der Waals surface area contributed by atoms with E-state index in [1.807, 2.05) is 0 Å². The summed E-state index contributed by atoms with van der Waals surface area (Å²) in [6.45, 7) is 0. The van der Waals surface area contributed by atoms with Crippen molar-refractivity contribution < 1.29 is 9.90 Å². The third kappa shape index (κ3) is 1.22. The number of carboxylic acid groups (broad SMARTS) is 1. The molecule has 0 aromatic heterocycles. The standard InChI is InChI=1S/C11H17NO2/c13-11(14)12-10-8-2-6-1-7(4-8)5-9(10)3-6/h6-10,12H,1-5H2,(H,13,14). The van der Waals surface area contributed by atoms with Gasteiger partial charge in [0.25, 0.3) is 0 Å². The predicted molar refractivity (Wildman–Crippen MR) is 52.0 cm³/mol. The average Bonchev–Trinajstić information content (AvgIpc) is 2.09. The minimum atomic E-state index is -0.831. The zero-order valence-corrected chi connectivity index (χ0v) is 8.28. The summed E-state index contributed by atoms with van der Waals surface area (Å²) >= 11 is 0. The highest BCUT2D eigenvalue weighted by Gasteiger charge is 2.48. The van der Waals surface area contributed by atoms with Gasteiger partial charge in [-0.25, -0.2) is 4.79 Å². The highest BCUT2D eigenvalue weighted by Crippen LogP contribution is 2.53. The molecule has 0 heterocycles. The van der Waals surface area contributed by atoms with E-state index in [1.165, 1.54) is 32.1 Å². The molecule has 4 rings (SSSR count). The van der Waals surface area contributed by atoms with Gasteiger partial charge in [-0.2, -0.15) is 0 Å². The summed E-state index contributed by atoms with van der Waals surface area (Å²) in [6, 6.07) is 0.278. The Morgan fingerprint density at radius 1 is 1.00 bits per heavy atom. The molecule has 0 aliphatic heterocycles.